The summed E-state index contributed by atoms with van der Waals surface area (Å²) >= 11 is 1.96. The van der Waals surface area contributed by atoms with Crippen molar-refractivity contribution in [2.45, 2.75) is 31.7 Å². The molecule has 1 saturated heterocycles. The fraction of sp³-hybridized carbons (Fsp3) is 0.583. The van der Waals surface area contributed by atoms with Crippen molar-refractivity contribution >= 4 is 17.7 Å². The largest absolute Gasteiger partial charge is 0.478 e. The van der Waals surface area contributed by atoms with Crippen molar-refractivity contribution in [1.29, 1.82) is 0 Å². The van der Waals surface area contributed by atoms with E-state index in [4.69, 9.17) is 9.52 Å². The van der Waals surface area contributed by atoms with Crippen LogP contribution in [0, 0.1) is 0 Å². The average Bonchev–Trinajstić information content (AvgIpc) is 2.73. The van der Waals surface area contributed by atoms with Crippen LogP contribution in [0.3, 0.4) is 0 Å². The minimum Gasteiger partial charge on any atom is -0.478 e. The third kappa shape index (κ3) is 2.66. The molecule has 1 aliphatic rings. The number of aromatic carboxylic acids is 1. The number of furan rings is 1. The molecule has 0 aliphatic carbocycles. The monoisotopic (exact) mass is 255 g/mol. The fourth-order valence-electron chi connectivity index (χ4n) is 2.06. The molecule has 0 amide bonds. The standard InChI is InChI=1S/C12H17NO3S/c1-8-9(2)17-6-4-13(8)7-11-10(12(14)15)3-5-16-11/h3,5,8-9H,4,6-7H2,1-2H3,(H,14,15). The molecule has 0 bridgehead atoms. The van der Waals surface area contributed by atoms with Gasteiger partial charge in [0.2, 0.25) is 0 Å². The van der Waals surface area contributed by atoms with E-state index in [0.29, 0.717) is 23.6 Å². The second-order valence-electron chi connectivity index (χ2n) is 4.35. The van der Waals surface area contributed by atoms with Gasteiger partial charge in [-0.05, 0) is 13.0 Å². The predicted octanol–water partition coefficient (Wildman–Crippen LogP) is 2.30. The molecule has 1 aromatic rings. The summed E-state index contributed by atoms with van der Waals surface area (Å²) in [4.78, 5) is 13.3. The third-order valence-electron chi connectivity index (χ3n) is 3.34. The van der Waals surface area contributed by atoms with E-state index >= 15 is 0 Å². The van der Waals surface area contributed by atoms with Crippen LogP contribution >= 0.6 is 11.8 Å². The maximum absolute atomic E-state index is 11.0. The zero-order chi connectivity index (χ0) is 12.4. The molecule has 2 unspecified atom stereocenters. The van der Waals surface area contributed by atoms with Gasteiger partial charge in [0, 0.05) is 23.6 Å². The Morgan fingerprint density at radius 2 is 2.41 bits per heavy atom. The van der Waals surface area contributed by atoms with Crippen LogP contribution in [0.5, 0.6) is 0 Å². The first kappa shape index (κ1) is 12.5. The number of carboxylic acid groups (broad SMARTS) is 1. The van der Waals surface area contributed by atoms with Crippen LogP contribution in [0.1, 0.15) is 30.0 Å². The number of hydrogen-bond donors (Lipinski definition) is 1. The first-order valence-electron chi connectivity index (χ1n) is 5.75. The zero-order valence-corrected chi connectivity index (χ0v) is 10.9. The van der Waals surface area contributed by atoms with Crippen LogP contribution in [0.4, 0.5) is 0 Å². The molecule has 0 spiro atoms. The Hall–Kier alpha value is -0.940. The van der Waals surface area contributed by atoms with E-state index < -0.39 is 5.97 Å². The molecular weight excluding hydrogens is 238 g/mol. The maximum Gasteiger partial charge on any atom is 0.339 e. The minimum absolute atomic E-state index is 0.281. The second kappa shape index (κ2) is 5.14. The summed E-state index contributed by atoms with van der Waals surface area (Å²) in [5.41, 5.74) is 0.281. The number of rotatable bonds is 3. The summed E-state index contributed by atoms with van der Waals surface area (Å²) in [5, 5.41) is 9.60. The van der Waals surface area contributed by atoms with Crippen molar-refractivity contribution in [3.63, 3.8) is 0 Å². The Morgan fingerprint density at radius 3 is 3.12 bits per heavy atom. The molecule has 0 aromatic carbocycles. The highest BCUT2D eigenvalue weighted by atomic mass is 32.2. The summed E-state index contributed by atoms with van der Waals surface area (Å²) < 4.78 is 5.28. The molecule has 5 heteroatoms. The maximum atomic E-state index is 11.0. The van der Waals surface area contributed by atoms with Crippen LogP contribution in [-0.2, 0) is 6.54 Å². The highest BCUT2D eigenvalue weighted by Gasteiger charge is 2.27. The fourth-order valence-corrected chi connectivity index (χ4v) is 3.22. The molecule has 1 N–H and O–H groups in total. The smallest absolute Gasteiger partial charge is 0.339 e. The summed E-state index contributed by atoms with van der Waals surface area (Å²) in [6.07, 6.45) is 1.45. The Labute approximate surface area is 105 Å². The lowest BCUT2D eigenvalue weighted by Crippen LogP contribution is -2.44. The molecule has 0 saturated carbocycles. The Kier molecular flexibility index (Phi) is 3.79. The lowest BCUT2D eigenvalue weighted by molar-refractivity contribution is 0.0691. The summed E-state index contributed by atoms with van der Waals surface area (Å²) in [6.45, 7) is 5.96. The Morgan fingerprint density at radius 1 is 1.65 bits per heavy atom. The van der Waals surface area contributed by atoms with Crippen molar-refractivity contribution in [1.82, 2.24) is 4.90 Å². The van der Waals surface area contributed by atoms with Gasteiger partial charge in [-0.25, -0.2) is 4.79 Å². The van der Waals surface area contributed by atoms with E-state index in [-0.39, 0.29) is 5.56 Å². The van der Waals surface area contributed by atoms with Gasteiger partial charge in [-0.1, -0.05) is 6.92 Å². The Balaban J connectivity index is 2.09. The van der Waals surface area contributed by atoms with Crippen LogP contribution in [0.15, 0.2) is 16.7 Å². The molecule has 2 rings (SSSR count). The lowest BCUT2D eigenvalue weighted by Gasteiger charge is -2.36. The summed E-state index contributed by atoms with van der Waals surface area (Å²) in [6, 6.07) is 1.96. The molecule has 1 aliphatic heterocycles. The number of nitrogens with zero attached hydrogens (tertiary/aromatic N) is 1. The molecule has 0 radical (unpaired) electrons. The van der Waals surface area contributed by atoms with Crippen LogP contribution in [-0.4, -0.2) is 39.6 Å². The van der Waals surface area contributed by atoms with Gasteiger partial charge in [-0.15, -0.1) is 0 Å². The predicted molar refractivity (Wildman–Crippen MR) is 67.5 cm³/mol. The van der Waals surface area contributed by atoms with E-state index in [1.807, 2.05) is 11.8 Å². The molecule has 1 aromatic heterocycles. The van der Waals surface area contributed by atoms with Gasteiger partial charge in [-0.3, -0.25) is 4.90 Å². The van der Waals surface area contributed by atoms with Gasteiger partial charge in [-0.2, -0.15) is 11.8 Å². The molecular formula is C12H17NO3S. The number of hydrogen-bond acceptors (Lipinski definition) is 4. The van der Waals surface area contributed by atoms with Crippen molar-refractivity contribution in [2.75, 3.05) is 12.3 Å². The lowest BCUT2D eigenvalue weighted by atomic mass is 10.1. The van der Waals surface area contributed by atoms with Crippen LogP contribution < -0.4 is 0 Å². The minimum atomic E-state index is -0.916. The molecule has 17 heavy (non-hydrogen) atoms. The van der Waals surface area contributed by atoms with Gasteiger partial charge < -0.3 is 9.52 Å². The van der Waals surface area contributed by atoms with Gasteiger partial charge in [0.15, 0.2) is 0 Å². The third-order valence-corrected chi connectivity index (χ3v) is 4.68. The quantitative estimate of drug-likeness (QED) is 0.898. The molecule has 2 heterocycles. The first-order chi connectivity index (χ1) is 8.09. The molecule has 2 atom stereocenters. The molecule has 4 nitrogen and oxygen atoms in total. The molecule has 94 valence electrons. The average molecular weight is 255 g/mol. The van der Waals surface area contributed by atoms with E-state index in [2.05, 4.69) is 18.7 Å². The van der Waals surface area contributed by atoms with E-state index in [1.165, 1.54) is 12.3 Å². The number of carbonyl (C=O) groups is 1. The van der Waals surface area contributed by atoms with Crippen molar-refractivity contribution in [2.24, 2.45) is 0 Å². The second-order valence-corrected chi connectivity index (χ2v) is 5.83. The van der Waals surface area contributed by atoms with Gasteiger partial charge in [0.05, 0.1) is 12.8 Å². The van der Waals surface area contributed by atoms with Crippen molar-refractivity contribution in [3.05, 3.63) is 23.7 Å². The van der Waals surface area contributed by atoms with Gasteiger partial charge in [0.25, 0.3) is 0 Å². The van der Waals surface area contributed by atoms with Gasteiger partial charge in [0.1, 0.15) is 11.3 Å². The van der Waals surface area contributed by atoms with Crippen molar-refractivity contribution < 1.29 is 14.3 Å². The zero-order valence-electron chi connectivity index (χ0n) is 10.0. The van der Waals surface area contributed by atoms with Crippen LogP contribution in [0.25, 0.3) is 0 Å². The normalized spacial score (nSPS) is 26.0. The van der Waals surface area contributed by atoms with E-state index in [0.717, 1.165) is 12.3 Å². The summed E-state index contributed by atoms with van der Waals surface area (Å²) in [5.74, 6) is 0.735. The number of carboxylic acids is 1. The van der Waals surface area contributed by atoms with Crippen LogP contribution in [0.2, 0.25) is 0 Å². The number of thioether (sulfide) groups is 1. The highest BCUT2D eigenvalue weighted by Crippen LogP contribution is 2.26. The topological polar surface area (TPSA) is 53.7 Å². The van der Waals surface area contributed by atoms with Crippen molar-refractivity contribution in [3.8, 4) is 0 Å². The van der Waals surface area contributed by atoms with E-state index in [1.54, 1.807) is 0 Å². The van der Waals surface area contributed by atoms with E-state index in [9.17, 15) is 4.79 Å². The molecule has 1 fully saturated rings. The summed E-state index contributed by atoms with van der Waals surface area (Å²) in [7, 11) is 0. The van der Waals surface area contributed by atoms with Gasteiger partial charge >= 0.3 is 5.97 Å². The highest BCUT2D eigenvalue weighted by molar-refractivity contribution is 8.00. The SMILES string of the molecule is CC1SCCN(Cc2occc2C(=O)O)C1C. The Bertz CT molecular complexity index is 404. The first-order valence-corrected chi connectivity index (χ1v) is 6.79.